The predicted octanol–water partition coefficient (Wildman–Crippen LogP) is 3.63. The Morgan fingerprint density at radius 2 is 2.10 bits per heavy atom. The van der Waals surface area contributed by atoms with Crippen molar-refractivity contribution in [2.45, 2.75) is 39.7 Å². The van der Waals surface area contributed by atoms with Crippen molar-refractivity contribution in [1.29, 1.82) is 0 Å². The molecule has 0 aliphatic heterocycles. The third-order valence-electron chi connectivity index (χ3n) is 2.94. The zero-order valence-corrected chi connectivity index (χ0v) is 12.9. The van der Waals surface area contributed by atoms with Crippen LogP contribution in [0.5, 0.6) is 0 Å². The molecule has 0 spiro atoms. The summed E-state index contributed by atoms with van der Waals surface area (Å²) < 4.78 is 5.66. The number of nitrogens with one attached hydrogen (secondary N) is 1. The van der Waals surface area contributed by atoms with Crippen molar-refractivity contribution in [3.05, 3.63) is 34.7 Å². The molecule has 108 valence electrons. The number of hydrogen-bond donors (Lipinski definition) is 1. The molecule has 0 unspecified atom stereocenters. The maximum absolute atomic E-state index is 6.20. The molecule has 4 nitrogen and oxygen atoms in total. The standard InChI is InChI=1S/C15H20ClN3O/c1-10(2)17-8-4-5-14-18-19-15(20-14)12-7-6-11(3)9-13(12)16/h6-7,9-10,17H,4-5,8H2,1-3H3. The van der Waals surface area contributed by atoms with E-state index in [9.17, 15) is 0 Å². The van der Waals surface area contributed by atoms with Crippen molar-refractivity contribution in [3.8, 4) is 11.5 Å². The van der Waals surface area contributed by atoms with Crippen LogP contribution in [0, 0.1) is 6.92 Å². The molecule has 0 bridgehead atoms. The summed E-state index contributed by atoms with van der Waals surface area (Å²) in [6, 6.07) is 6.29. The third kappa shape index (κ3) is 4.05. The Kier molecular flexibility index (Phi) is 5.15. The van der Waals surface area contributed by atoms with E-state index in [1.807, 2.05) is 25.1 Å². The molecule has 1 heterocycles. The summed E-state index contributed by atoms with van der Waals surface area (Å²) in [7, 11) is 0. The fourth-order valence-corrected chi connectivity index (χ4v) is 2.20. The second-order valence-electron chi connectivity index (χ2n) is 5.20. The first-order valence-electron chi connectivity index (χ1n) is 6.88. The molecule has 0 aliphatic carbocycles. The van der Waals surface area contributed by atoms with E-state index < -0.39 is 0 Å². The fourth-order valence-electron chi connectivity index (χ4n) is 1.89. The molecule has 0 amide bonds. The maximum atomic E-state index is 6.20. The van der Waals surface area contributed by atoms with Crippen LogP contribution in [-0.4, -0.2) is 22.8 Å². The lowest BCUT2D eigenvalue weighted by molar-refractivity contribution is 0.484. The molecular formula is C15H20ClN3O. The third-order valence-corrected chi connectivity index (χ3v) is 3.25. The van der Waals surface area contributed by atoms with E-state index in [-0.39, 0.29) is 0 Å². The van der Waals surface area contributed by atoms with Crippen molar-refractivity contribution in [1.82, 2.24) is 15.5 Å². The van der Waals surface area contributed by atoms with E-state index in [1.165, 1.54) is 0 Å². The van der Waals surface area contributed by atoms with Crippen molar-refractivity contribution in [2.24, 2.45) is 0 Å². The first kappa shape index (κ1) is 15.0. The normalized spacial score (nSPS) is 11.2. The second-order valence-corrected chi connectivity index (χ2v) is 5.60. The van der Waals surface area contributed by atoms with Gasteiger partial charge < -0.3 is 9.73 Å². The zero-order chi connectivity index (χ0) is 14.5. The second kappa shape index (κ2) is 6.86. The van der Waals surface area contributed by atoms with Gasteiger partial charge in [-0.2, -0.15) is 0 Å². The first-order valence-corrected chi connectivity index (χ1v) is 7.26. The molecule has 2 aromatic rings. The number of nitrogens with zero attached hydrogens (tertiary/aromatic N) is 2. The SMILES string of the molecule is Cc1ccc(-c2nnc(CCCNC(C)C)o2)c(Cl)c1. The molecule has 2 rings (SSSR count). The van der Waals surface area contributed by atoms with E-state index >= 15 is 0 Å². The largest absolute Gasteiger partial charge is 0.421 e. The van der Waals surface area contributed by atoms with E-state index in [0.717, 1.165) is 30.5 Å². The molecular weight excluding hydrogens is 274 g/mol. The van der Waals surface area contributed by atoms with E-state index in [0.29, 0.717) is 22.8 Å². The smallest absolute Gasteiger partial charge is 0.249 e. The van der Waals surface area contributed by atoms with Crippen molar-refractivity contribution in [2.75, 3.05) is 6.54 Å². The van der Waals surface area contributed by atoms with Gasteiger partial charge in [-0.1, -0.05) is 31.5 Å². The van der Waals surface area contributed by atoms with Crippen LogP contribution in [0.1, 0.15) is 31.7 Å². The number of halogens is 1. The molecule has 0 atom stereocenters. The summed E-state index contributed by atoms with van der Waals surface area (Å²) >= 11 is 6.20. The van der Waals surface area contributed by atoms with Gasteiger partial charge in [-0.25, -0.2) is 0 Å². The van der Waals surface area contributed by atoms with Gasteiger partial charge in [0, 0.05) is 12.5 Å². The Bertz CT molecular complexity index is 566. The average Bonchev–Trinajstić information content (AvgIpc) is 2.83. The lowest BCUT2D eigenvalue weighted by Crippen LogP contribution is -2.23. The highest BCUT2D eigenvalue weighted by atomic mass is 35.5. The fraction of sp³-hybridized carbons (Fsp3) is 0.467. The van der Waals surface area contributed by atoms with Crippen LogP contribution >= 0.6 is 11.6 Å². The van der Waals surface area contributed by atoms with Crippen molar-refractivity contribution < 1.29 is 4.42 Å². The number of aromatic nitrogens is 2. The van der Waals surface area contributed by atoms with E-state index in [1.54, 1.807) is 0 Å². The summed E-state index contributed by atoms with van der Waals surface area (Å²) in [5, 5.41) is 12.1. The highest BCUT2D eigenvalue weighted by Gasteiger charge is 2.11. The quantitative estimate of drug-likeness (QED) is 0.826. The minimum absolute atomic E-state index is 0.488. The van der Waals surface area contributed by atoms with Gasteiger partial charge in [0.2, 0.25) is 11.8 Å². The van der Waals surface area contributed by atoms with Crippen LogP contribution < -0.4 is 5.32 Å². The van der Waals surface area contributed by atoms with Gasteiger partial charge >= 0.3 is 0 Å². The van der Waals surface area contributed by atoms with Crippen LogP contribution in [0.15, 0.2) is 22.6 Å². The number of hydrogen-bond acceptors (Lipinski definition) is 4. The zero-order valence-electron chi connectivity index (χ0n) is 12.1. The van der Waals surface area contributed by atoms with Crippen LogP contribution in [0.4, 0.5) is 0 Å². The van der Waals surface area contributed by atoms with Crippen LogP contribution in [0.2, 0.25) is 5.02 Å². The minimum atomic E-state index is 0.488. The lowest BCUT2D eigenvalue weighted by Gasteiger charge is -2.05. The minimum Gasteiger partial charge on any atom is -0.421 e. The summed E-state index contributed by atoms with van der Waals surface area (Å²) in [6.45, 7) is 7.20. The molecule has 5 heteroatoms. The van der Waals surface area contributed by atoms with Crippen LogP contribution in [0.25, 0.3) is 11.5 Å². The molecule has 1 aromatic carbocycles. The Hall–Kier alpha value is -1.39. The van der Waals surface area contributed by atoms with E-state index in [2.05, 4.69) is 29.4 Å². The Morgan fingerprint density at radius 3 is 2.80 bits per heavy atom. The Labute approximate surface area is 124 Å². The number of aryl methyl sites for hydroxylation is 2. The van der Waals surface area contributed by atoms with Gasteiger partial charge in [-0.3, -0.25) is 0 Å². The highest BCUT2D eigenvalue weighted by molar-refractivity contribution is 6.33. The summed E-state index contributed by atoms with van der Waals surface area (Å²) in [5.74, 6) is 1.14. The maximum Gasteiger partial charge on any atom is 0.249 e. The average molecular weight is 294 g/mol. The number of benzene rings is 1. The van der Waals surface area contributed by atoms with Crippen molar-refractivity contribution in [3.63, 3.8) is 0 Å². The van der Waals surface area contributed by atoms with E-state index in [4.69, 9.17) is 16.0 Å². The van der Waals surface area contributed by atoms with Gasteiger partial charge in [0.15, 0.2) is 0 Å². The van der Waals surface area contributed by atoms with Gasteiger partial charge in [-0.15, -0.1) is 10.2 Å². The first-order chi connectivity index (χ1) is 9.56. The Balaban J connectivity index is 1.98. The molecule has 0 aliphatic rings. The highest BCUT2D eigenvalue weighted by Crippen LogP contribution is 2.27. The van der Waals surface area contributed by atoms with Gasteiger partial charge in [0.05, 0.1) is 10.6 Å². The summed E-state index contributed by atoms with van der Waals surface area (Å²) in [6.07, 6.45) is 1.75. The summed E-state index contributed by atoms with van der Waals surface area (Å²) in [5.41, 5.74) is 1.90. The molecule has 0 saturated heterocycles. The van der Waals surface area contributed by atoms with Gasteiger partial charge in [-0.05, 0) is 37.6 Å². The summed E-state index contributed by atoms with van der Waals surface area (Å²) in [4.78, 5) is 0. The monoisotopic (exact) mass is 293 g/mol. The molecule has 0 saturated carbocycles. The topological polar surface area (TPSA) is 51.0 Å². The molecule has 0 fully saturated rings. The molecule has 1 aromatic heterocycles. The molecule has 0 radical (unpaired) electrons. The van der Waals surface area contributed by atoms with Crippen LogP contribution in [0.3, 0.4) is 0 Å². The molecule has 1 N–H and O–H groups in total. The lowest BCUT2D eigenvalue weighted by atomic mass is 10.1. The van der Waals surface area contributed by atoms with Gasteiger partial charge in [0.25, 0.3) is 0 Å². The van der Waals surface area contributed by atoms with Crippen LogP contribution in [-0.2, 0) is 6.42 Å². The Morgan fingerprint density at radius 1 is 1.30 bits per heavy atom. The molecule has 20 heavy (non-hydrogen) atoms. The van der Waals surface area contributed by atoms with Gasteiger partial charge in [0.1, 0.15) is 0 Å². The van der Waals surface area contributed by atoms with Crippen molar-refractivity contribution >= 4 is 11.6 Å². The number of rotatable bonds is 6. The predicted molar refractivity (Wildman–Crippen MR) is 80.9 cm³/mol.